The predicted molar refractivity (Wildman–Crippen MR) is 84.5 cm³/mol. The van der Waals surface area contributed by atoms with E-state index < -0.39 is 0 Å². The number of aliphatic hydroxyl groups is 1. The van der Waals surface area contributed by atoms with E-state index in [1.165, 1.54) is 11.1 Å². The van der Waals surface area contributed by atoms with E-state index in [1.54, 1.807) is 7.11 Å². The molecule has 0 aromatic heterocycles. The summed E-state index contributed by atoms with van der Waals surface area (Å²) in [6, 6.07) is 16.5. The molecule has 0 spiro atoms. The summed E-state index contributed by atoms with van der Waals surface area (Å²) in [5.41, 5.74) is 3.65. The lowest BCUT2D eigenvalue weighted by molar-refractivity contribution is 0.105. The second-order valence-corrected chi connectivity index (χ2v) is 5.85. The number of aryl methyl sites for hydroxylation is 1. The molecule has 0 saturated heterocycles. The Hall–Kier alpha value is -1.80. The highest BCUT2D eigenvalue weighted by Gasteiger charge is 2.25. The first-order valence-electron chi connectivity index (χ1n) is 7.66. The zero-order valence-electron chi connectivity index (χ0n) is 12.5. The molecule has 0 aliphatic heterocycles. The predicted octanol–water partition coefficient (Wildman–Crippen LogP) is 3.92. The topological polar surface area (TPSA) is 29.5 Å². The van der Waals surface area contributed by atoms with Crippen LogP contribution in [0.25, 0.3) is 0 Å². The Morgan fingerprint density at radius 3 is 2.86 bits per heavy atom. The summed E-state index contributed by atoms with van der Waals surface area (Å²) >= 11 is 0. The highest BCUT2D eigenvalue weighted by Crippen LogP contribution is 2.35. The molecule has 1 aliphatic carbocycles. The lowest BCUT2D eigenvalue weighted by Crippen LogP contribution is -2.14. The molecule has 2 aromatic rings. The van der Waals surface area contributed by atoms with Crippen LogP contribution in [0.1, 0.15) is 35.6 Å². The van der Waals surface area contributed by atoms with Gasteiger partial charge >= 0.3 is 0 Å². The van der Waals surface area contributed by atoms with Crippen molar-refractivity contribution in [3.63, 3.8) is 0 Å². The molecule has 0 amide bonds. The van der Waals surface area contributed by atoms with E-state index in [0.29, 0.717) is 0 Å². The molecule has 2 heteroatoms. The van der Waals surface area contributed by atoms with Gasteiger partial charge in [-0.3, -0.25) is 0 Å². The van der Waals surface area contributed by atoms with Crippen LogP contribution in [0.3, 0.4) is 0 Å². The summed E-state index contributed by atoms with van der Waals surface area (Å²) in [7, 11) is 1.69. The molecule has 2 aromatic carbocycles. The zero-order chi connectivity index (χ0) is 14.7. The third-order valence-electron chi connectivity index (χ3n) is 4.47. The third kappa shape index (κ3) is 3.11. The summed E-state index contributed by atoms with van der Waals surface area (Å²) in [4.78, 5) is 0. The van der Waals surface area contributed by atoms with Gasteiger partial charge in [0.2, 0.25) is 0 Å². The first kappa shape index (κ1) is 14.2. The first-order chi connectivity index (χ1) is 10.3. The van der Waals surface area contributed by atoms with Crippen LogP contribution in [0, 0.1) is 5.92 Å². The van der Waals surface area contributed by atoms with E-state index in [4.69, 9.17) is 4.74 Å². The van der Waals surface area contributed by atoms with Crippen LogP contribution in [0.5, 0.6) is 5.75 Å². The minimum atomic E-state index is -0.366. The molecule has 0 heterocycles. The second kappa shape index (κ2) is 6.31. The van der Waals surface area contributed by atoms with Gasteiger partial charge in [-0.1, -0.05) is 36.4 Å². The van der Waals surface area contributed by atoms with Gasteiger partial charge in [-0.05, 0) is 60.4 Å². The summed E-state index contributed by atoms with van der Waals surface area (Å²) < 4.78 is 5.29. The van der Waals surface area contributed by atoms with E-state index in [1.807, 2.05) is 18.2 Å². The van der Waals surface area contributed by atoms with E-state index in [-0.39, 0.29) is 12.0 Å². The highest BCUT2D eigenvalue weighted by molar-refractivity contribution is 5.32. The Morgan fingerprint density at radius 2 is 2.00 bits per heavy atom. The summed E-state index contributed by atoms with van der Waals surface area (Å²) in [6.07, 6.45) is 3.81. The number of hydrogen-bond acceptors (Lipinski definition) is 2. The molecule has 3 rings (SSSR count). The van der Waals surface area contributed by atoms with Crippen molar-refractivity contribution >= 4 is 0 Å². The van der Waals surface area contributed by atoms with Crippen LogP contribution >= 0.6 is 0 Å². The molecular weight excluding hydrogens is 260 g/mol. The summed E-state index contributed by atoms with van der Waals surface area (Å²) in [6.45, 7) is 0. The van der Waals surface area contributed by atoms with Crippen molar-refractivity contribution in [2.75, 3.05) is 7.11 Å². The van der Waals surface area contributed by atoms with Crippen LogP contribution in [0.15, 0.2) is 48.5 Å². The minimum Gasteiger partial charge on any atom is -0.497 e. The smallest absolute Gasteiger partial charge is 0.119 e. The zero-order valence-corrected chi connectivity index (χ0v) is 12.5. The van der Waals surface area contributed by atoms with E-state index in [9.17, 15) is 5.11 Å². The number of aliphatic hydroxyl groups excluding tert-OH is 1. The van der Waals surface area contributed by atoms with E-state index >= 15 is 0 Å². The van der Waals surface area contributed by atoms with E-state index in [0.717, 1.165) is 37.0 Å². The van der Waals surface area contributed by atoms with Crippen molar-refractivity contribution < 1.29 is 9.84 Å². The van der Waals surface area contributed by atoms with Gasteiger partial charge in [-0.25, -0.2) is 0 Å². The Kier molecular flexibility index (Phi) is 4.26. The molecular formula is C19H22O2. The number of rotatable bonds is 3. The fourth-order valence-electron chi connectivity index (χ4n) is 3.33. The minimum absolute atomic E-state index is 0.278. The third-order valence-corrected chi connectivity index (χ3v) is 4.47. The molecule has 2 unspecified atom stereocenters. The van der Waals surface area contributed by atoms with Gasteiger partial charge in [-0.2, -0.15) is 0 Å². The van der Waals surface area contributed by atoms with Crippen LogP contribution in [0.2, 0.25) is 0 Å². The van der Waals surface area contributed by atoms with Gasteiger partial charge in [0, 0.05) is 0 Å². The van der Waals surface area contributed by atoms with E-state index in [2.05, 4.69) is 30.3 Å². The molecule has 2 atom stereocenters. The SMILES string of the molecule is COc1cccc(CC2CCCc3ccccc3C2O)c1. The van der Waals surface area contributed by atoms with Crippen molar-refractivity contribution in [1.82, 2.24) is 0 Å². The lowest BCUT2D eigenvalue weighted by Gasteiger charge is -2.22. The van der Waals surface area contributed by atoms with Crippen LogP contribution in [-0.4, -0.2) is 12.2 Å². The highest BCUT2D eigenvalue weighted by atomic mass is 16.5. The average Bonchev–Trinajstić information content (AvgIpc) is 2.68. The van der Waals surface area contributed by atoms with Crippen molar-refractivity contribution in [1.29, 1.82) is 0 Å². The van der Waals surface area contributed by atoms with Gasteiger partial charge in [-0.15, -0.1) is 0 Å². The monoisotopic (exact) mass is 282 g/mol. The number of fused-ring (bicyclic) bond motifs is 1. The van der Waals surface area contributed by atoms with Crippen molar-refractivity contribution in [3.8, 4) is 5.75 Å². The van der Waals surface area contributed by atoms with Crippen LogP contribution in [-0.2, 0) is 12.8 Å². The molecule has 2 nitrogen and oxygen atoms in total. The molecule has 0 saturated carbocycles. The first-order valence-corrected chi connectivity index (χ1v) is 7.66. The number of benzene rings is 2. The van der Waals surface area contributed by atoms with Gasteiger partial charge in [0.05, 0.1) is 13.2 Å². The standard InChI is InChI=1S/C19H22O2/c1-21-17-10-4-6-14(13-17)12-16-9-5-8-15-7-2-3-11-18(15)19(16)20/h2-4,6-7,10-11,13,16,19-20H,5,8-9,12H2,1H3. The maximum absolute atomic E-state index is 10.8. The quantitative estimate of drug-likeness (QED) is 0.865. The molecule has 110 valence electrons. The molecule has 0 radical (unpaired) electrons. The van der Waals surface area contributed by atoms with Crippen LogP contribution in [0.4, 0.5) is 0 Å². The Balaban J connectivity index is 1.82. The molecule has 1 N–H and O–H groups in total. The van der Waals surface area contributed by atoms with Gasteiger partial charge in [0.25, 0.3) is 0 Å². The summed E-state index contributed by atoms with van der Waals surface area (Å²) in [5, 5.41) is 10.8. The Bertz CT molecular complexity index is 606. The second-order valence-electron chi connectivity index (χ2n) is 5.85. The number of methoxy groups -OCH3 is 1. The van der Waals surface area contributed by atoms with Gasteiger partial charge < -0.3 is 9.84 Å². The Labute approximate surface area is 126 Å². The van der Waals surface area contributed by atoms with Crippen LogP contribution < -0.4 is 4.74 Å². The fraction of sp³-hybridized carbons (Fsp3) is 0.368. The molecule has 0 bridgehead atoms. The fourth-order valence-corrected chi connectivity index (χ4v) is 3.33. The lowest BCUT2D eigenvalue weighted by atomic mass is 9.88. The number of hydrogen-bond donors (Lipinski definition) is 1. The maximum Gasteiger partial charge on any atom is 0.119 e. The van der Waals surface area contributed by atoms with Crippen molar-refractivity contribution in [2.45, 2.75) is 31.8 Å². The number of ether oxygens (including phenoxy) is 1. The summed E-state index contributed by atoms with van der Waals surface area (Å²) in [5.74, 6) is 1.16. The van der Waals surface area contributed by atoms with Gasteiger partial charge in [0.15, 0.2) is 0 Å². The maximum atomic E-state index is 10.8. The van der Waals surface area contributed by atoms with Crippen molar-refractivity contribution in [3.05, 3.63) is 65.2 Å². The molecule has 0 fully saturated rings. The largest absolute Gasteiger partial charge is 0.497 e. The normalized spacial score (nSPS) is 21.4. The average molecular weight is 282 g/mol. The van der Waals surface area contributed by atoms with Gasteiger partial charge in [0.1, 0.15) is 5.75 Å². The van der Waals surface area contributed by atoms with Crippen molar-refractivity contribution in [2.24, 2.45) is 5.92 Å². The molecule has 21 heavy (non-hydrogen) atoms. The molecule has 1 aliphatic rings. The Morgan fingerprint density at radius 1 is 1.14 bits per heavy atom.